The molecular formula is C37H42Cl2OSiZr. The second-order valence-electron chi connectivity index (χ2n) is 11.9. The molecule has 0 spiro atoms. The number of hydrogen-bond donors (Lipinski definition) is 0. The maximum absolute atomic E-state index is 6.77. The number of halogens is 2. The number of rotatable bonds is 10. The van der Waals surface area contributed by atoms with Gasteiger partial charge in [-0.25, -0.2) is 0 Å². The van der Waals surface area contributed by atoms with E-state index >= 15 is 0 Å². The predicted molar refractivity (Wildman–Crippen MR) is 168 cm³/mol. The summed E-state index contributed by atoms with van der Waals surface area (Å²) in [6.45, 7) is 10.4. The van der Waals surface area contributed by atoms with Gasteiger partial charge in [0.05, 0.1) is 0 Å². The molecule has 0 fully saturated rings. The second kappa shape index (κ2) is 14.5. The van der Waals surface area contributed by atoms with Crippen molar-refractivity contribution >= 4 is 8.32 Å². The molecule has 0 amide bonds. The van der Waals surface area contributed by atoms with Crippen molar-refractivity contribution in [3.05, 3.63) is 118 Å². The van der Waals surface area contributed by atoms with Crippen LogP contribution in [0.4, 0.5) is 0 Å². The van der Waals surface area contributed by atoms with E-state index in [9.17, 15) is 0 Å². The van der Waals surface area contributed by atoms with Gasteiger partial charge in [0.2, 0.25) is 0 Å². The van der Waals surface area contributed by atoms with Gasteiger partial charge < -0.3 is 29.2 Å². The monoisotopic (exact) mass is 690 g/mol. The normalized spacial score (nSPS) is 12.7. The molecule has 218 valence electrons. The average Bonchev–Trinajstić information content (AvgIpc) is 3.56. The first-order valence-electron chi connectivity index (χ1n) is 15.1. The molecule has 6 rings (SSSR count). The van der Waals surface area contributed by atoms with Crippen LogP contribution in [0.15, 0.2) is 84.9 Å². The SMILES string of the molecule is CC[Si](CC)(CC)OCCCC(C)(c1cccc2c1Cc1ccccc1-2)c1cccc2c1Cc1ccccc1-2.[Cl-].[Cl-].[Zr+2]. The molecule has 0 bridgehead atoms. The Hall–Kier alpha value is -1.48. The molecular weight excluding hydrogens is 651 g/mol. The minimum Gasteiger partial charge on any atom is -1.00 e. The maximum atomic E-state index is 6.77. The summed E-state index contributed by atoms with van der Waals surface area (Å²) in [7, 11) is -1.59. The molecule has 0 atom stereocenters. The molecule has 0 heterocycles. The van der Waals surface area contributed by atoms with Gasteiger partial charge in [-0.05, 0) is 99.5 Å². The van der Waals surface area contributed by atoms with Crippen LogP contribution in [0.5, 0.6) is 0 Å². The summed E-state index contributed by atoms with van der Waals surface area (Å²) < 4.78 is 6.77. The van der Waals surface area contributed by atoms with Crippen LogP contribution in [0, 0.1) is 0 Å². The van der Waals surface area contributed by atoms with Crippen LogP contribution < -0.4 is 24.8 Å². The van der Waals surface area contributed by atoms with Crippen LogP contribution in [-0.4, -0.2) is 14.9 Å². The van der Waals surface area contributed by atoms with Gasteiger partial charge in [0.1, 0.15) is 0 Å². The van der Waals surface area contributed by atoms with Crippen molar-refractivity contribution in [1.29, 1.82) is 0 Å². The Balaban J connectivity index is 0.00000161. The van der Waals surface area contributed by atoms with E-state index < -0.39 is 8.32 Å². The van der Waals surface area contributed by atoms with Gasteiger partial charge in [-0.2, -0.15) is 0 Å². The van der Waals surface area contributed by atoms with Crippen LogP contribution in [0.3, 0.4) is 0 Å². The predicted octanol–water partition coefficient (Wildman–Crippen LogP) is 3.94. The summed E-state index contributed by atoms with van der Waals surface area (Å²) in [5, 5.41) is 0. The zero-order chi connectivity index (χ0) is 27.0. The molecule has 5 heteroatoms. The van der Waals surface area contributed by atoms with Gasteiger partial charge in [-0.15, -0.1) is 0 Å². The Bertz CT molecular complexity index is 1410. The Morgan fingerprint density at radius 2 is 1.05 bits per heavy atom. The quantitative estimate of drug-likeness (QED) is 0.156. The minimum absolute atomic E-state index is 0. The smallest absolute Gasteiger partial charge is 1.00 e. The fourth-order valence-corrected chi connectivity index (χ4v) is 10.2. The first-order valence-corrected chi connectivity index (χ1v) is 17.6. The maximum Gasteiger partial charge on any atom is 2.00 e. The molecule has 42 heavy (non-hydrogen) atoms. The van der Waals surface area contributed by atoms with Crippen LogP contribution in [-0.2, 0) is 48.9 Å². The zero-order valence-corrected chi connectivity index (χ0v) is 30.4. The Morgan fingerprint density at radius 3 is 1.50 bits per heavy atom. The molecule has 4 aromatic carbocycles. The third-order valence-corrected chi connectivity index (χ3v) is 14.7. The molecule has 1 nitrogen and oxygen atoms in total. The van der Waals surface area contributed by atoms with Crippen LogP contribution in [0.2, 0.25) is 18.1 Å². The van der Waals surface area contributed by atoms with E-state index in [1.165, 1.54) is 73.8 Å². The molecule has 0 saturated heterocycles. The van der Waals surface area contributed by atoms with Gasteiger partial charge in [-0.3, -0.25) is 0 Å². The molecule has 2 aliphatic rings. The summed E-state index contributed by atoms with van der Waals surface area (Å²) in [6, 6.07) is 35.7. The van der Waals surface area contributed by atoms with E-state index in [-0.39, 0.29) is 56.4 Å². The molecule has 0 N–H and O–H groups in total. The summed E-state index contributed by atoms with van der Waals surface area (Å²) >= 11 is 0. The second-order valence-corrected chi connectivity index (χ2v) is 16.6. The Morgan fingerprint density at radius 1 is 0.619 bits per heavy atom. The van der Waals surface area contributed by atoms with Crippen LogP contribution in [0.25, 0.3) is 22.3 Å². The molecule has 2 aliphatic carbocycles. The van der Waals surface area contributed by atoms with Crippen molar-refractivity contribution in [1.82, 2.24) is 0 Å². The molecule has 4 aromatic rings. The van der Waals surface area contributed by atoms with Gasteiger partial charge in [0, 0.05) is 12.0 Å². The number of benzene rings is 4. The van der Waals surface area contributed by atoms with Gasteiger partial charge in [-0.1, -0.05) is 113 Å². The average molecular weight is 693 g/mol. The van der Waals surface area contributed by atoms with Crippen LogP contribution in [0.1, 0.15) is 73.9 Å². The molecule has 0 aromatic heterocycles. The molecule has 0 radical (unpaired) electrons. The van der Waals surface area contributed by atoms with Crippen molar-refractivity contribution < 1.29 is 55.4 Å². The zero-order valence-electron chi connectivity index (χ0n) is 25.4. The minimum atomic E-state index is -1.59. The van der Waals surface area contributed by atoms with Crippen molar-refractivity contribution in [3.8, 4) is 22.3 Å². The van der Waals surface area contributed by atoms with E-state index in [0.717, 1.165) is 32.3 Å². The summed E-state index contributed by atoms with van der Waals surface area (Å²) in [4.78, 5) is 0. The van der Waals surface area contributed by atoms with E-state index in [0.29, 0.717) is 0 Å². The third-order valence-electron chi connectivity index (χ3n) is 10.1. The van der Waals surface area contributed by atoms with E-state index in [2.05, 4.69) is 113 Å². The van der Waals surface area contributed by atoms with E-state index in [1.807, 2.05) is 0 Å². The van der Waals surface area contributed by atoms with Crippen LogP contribution >= 0.6 is 0 Å². The van der Waals surface area contributed by atoms with Crippen molar-refractivity contribution in [2.45, 2.75) is 76.9 Å². The van der Waals surface area contributed by atoms with Crippen molar-refractivity contribution in [3.63, 3.8) is 0 Å². The van der Waals surface area contributed by atoms with Crippen molar-refractivity contribution in [2.24, 2.45) is 0 Å². The topological polar surface area (TPSA) is 9.23 Å². The fourth-order valence-electron chi connectivity index (χ4n) is 7.53. The third kappa shape index (κ3) is 6.07. The first kappa shape index (κ1) is 35.0. The van der Waals surface area contributed by atoms with Gasteiger partial charge in [0.25, 0.3) is 0 Å². The van der Waals surface area contributed by atoms with Gasteiger partial charge >= 0.3 is 26.2 Å². The molecule has 0 unspecified atom stereocenters. The summed E-state index contributed by atoms with van der Waals surface area (Å²) in [5.74, 6) is 0. The largest absolute Gasteiger partial charge is 2.00 e. The summed E-state index contributed by atoms with van der Waals surface area (Å²) in [5.41, 5.74) is 14.6. The molecule has 0 aliphatic heterocycles. The number of hydrogen-bond acceptors (Lipinski definition) is 1. The van der Waals surface area contributed by atoms with E-state index in [1.54, 1.807) is 0 Å². The number of fused-ring (bicyclic) bond motifs is 6. The fraction of sp³-hybridized carbons (Fsp3) is 0.351. The van der Waals surface area contributed by atoms with E-state index in [4.69, 9.17) is 4.43 Å². The Labute approximate surface area is 286 Å². The van der Waals surface area contributed by atoms with Gasteiger partial charge in [0.15, 0.2) is 8.32 Å². The Kier molecular flexibility index (Phi) is 12.1. The first-order chi connectivity index (χ1) is 19.0. The van der Waals surface area contributed by atoms with Crippen molar-refractivity contribution in [2.75, 3.05) is 6.61 Å². The molecule has 0 saturated carbocycles. The standard InChI is InChI=1S/C37H42OSi.2ClH.Zr/c1-5-39(6-2,7-3)38-24-14-23-37(4,35-21-12-19-31-29-17-10-8-15-27(29)25-33(31)35)36-22-13-20-32-30-18-11-9-16-28(30)26-34(32)36;;;/h8-13,15-22H,5-7,14,23-26H2,1-4H3;2*1H;/q;;;+2/p-2. The summed E-state index contributed by atoms with van der Waals surface area (Å²) in [6.07, 6.45) is 4.23.